The summed E-state index contributed by atoms with van der Waals surface area (Å²) in [6, 6.07) is 2.34. The van der Waals surface area contributed by atoms with E-state index in [0.29, 0.717) is 6.07 Å². The van der Waals surface area contributed by atoms with Crippen LogP contribution in [0.15, 0.2) is 23.1 Å². The van der Waals surface area contributed by atoms with Crippen LogP contribution in [0.3, 0.4) is 0 Å². The van der Waals surface area contributed by atoms with E-state index in [2.05, 4.69) is 10.0 Å². The molecule has 0 radical (unpaired) electrons. The molecular weight excluding hydrogens is 290 g/mol. The highest BCUT2D eigenvalue weighted by molar-refractivity contribution is 7.89. The summed E-state index contributed by atoms with van der Waals surface area (Å²) in [5, 5.41) is 2.59. The molecule has 0 aromatic heterocycles. The van der Waals surface area contributed by atoms with Crippen molar-refractivity contribution >= 4 is 15.9 Å². The van der Waals surface area contributed by atoms with Gasteiger partial charge in [0, 0.05) is 19.0 Å². The molecule has 110 valence electrons. The zero-order valence-electron chi connectivity index (χ0n) is 10.5. The molecule has 5 nitrogen and oxygen atoms in total. The summed E-state index contributed by atoms with van der Waals surface area (Å²) in [6.45, 7) is 0.137. The standard InChI is InChI=1S/C12H14F2N2O3S/c13-10-4-3-9(7-11(10)14)20(18,19)16-6-5-15-12(17)8-1-2-8/h3-4,7-8,16H,1-2,5-6H2,(H,15,17). The largest absolute Gasteiger partial charge is 0.355 e. The van der Waals surface area contributed by atoms with Gasteiger partial charge in [0.25, 0.3) is 0 Å². The lowest BCUT2D eigenvalue weighted by molar-refractivity contribution is -0.122. The molecule has 0 unspecified atom stereocenters. The van der Waals surface area contributed by atoms with Crippen molar-refractivity contribution in [1.29, 1.82) is 0 Å². The van der Waals surface area contributed by atoms with Gasteiger partial charge in [0.05, 0.1) is 4.90 Å². The van der Waals surface area contributed by atoms with Crippen molar-refractivity contribution in [3.05, 3.63) is 29.8 Å². The van der Waals surface area contributed by atoms with Crippen molar-refractivity contribution in [2.24, 2.45) is 5.92 Å². The Hall–Kier alpha value is -1.54. The number of nitrogens with one attached hydrogen (secondary N) is 2. The molecule has 2 N–H and O–H groups in total. The van der Waals surface area contributed by atoms with Gasteiger partial charge in [-0.1, -0.05) is 0 Å². The molecule has 1 aromatic carbocycles. The van der Waals surface area contributed by atoms with Gasteiger partial charge in [0.15, 0.2) is 11.6 Å². The molecule has 0 heterocycles. The van der Waals surface area contributed by atoms with Crippen molar-refractivity contribution < 1.29 is 22.0 Å². The van der Waals surface area contributed by atoms with Crippen LogP contribution < -0.4 is 10.0 Å². The van der Waals surface area contributed by atoms with Crippen LogP contribution in [0.4, 0.5) is 8.78 Å². The fourth-order valence-corrected chi connectivity index (χ4v) is 2.63. The summed E-state index contributed by atoms with van der Waals surface area (Å²) >= 11 is 0. The third-order valence-electron chi connectivity index (χ3n) is 2.87. The van der Waals surface area contributed by atoms with Gasteiger partial charge in [-0.25, -0.2) is 21.9 Å². The van der Waals surface area contributed by atoms with Crippen molar-refractivity contribution in [2.45, 2.75) is 17.7 Å². The first-order chi connectivity index (χ1) is 9.40. The van der Waals surface area contributed by atoms with Gasteiger partial charge in [-0.2, -0.15) is 0 Å². The lowest BCUT2D eigenvalue weighted by atomic mass is 10.3. The Morgan fingerprint density at radius 1 is 1.20 bits per heavy atom. The molecule has 0 bridgehead atoms. The maximum atomic E-state index is 13.0. The molecule has 0 spiro atoms. The van der Waals surface area contributed by atoms with Gasteiger partial charge in [0.1, 0.15) is 0 Å². The van der Waals surface area contributed by atoms with Crippen LogP contribution >= 0.6 is 0 Å². The third kappa shape index (κ3) is 3.73. The average Bonchev–Trinajstić information content (AvgIpc) is 3.22. The first-order valence-corrected chi connectivity index (χ1v) is 7.61. The molecule has 1 fully saturated rings. The van der Waals surface area contributed by atoms with Gasteiger partial charge in [0.2, 0.25) is 15.9 Å². The maximum absolute atomic E-state index is 13.0. The van der Waals surface area contributed by atoms with Crippen LogP contribution in [0.25, 0.3) is 0 Å². The summed E-state index contributed by atoms with van der Waals surface area (Å²) in [5.74, 6) is -2.37. The first-order valence-electron chi connectivity index (χ1n) is 6.12. The number of hydrogen-bond acceptors (Lipinski definition) is 3. The number of carbonyl (C=O) groups excluding carboxylic acids is 1. The summed E-state index contributed by atoms with van der Waals surface area (Å²) in [6.07, 6.45) is 1.73. The second-order valence-electron chi connectivity index (χ2n) is 4.54. The van der Waals surface area contributed by atoms with Crippen LogP contribution in [0.5, 0.6) is 0 Å². The number of carbonyl (C=O) groups is 1. The normalized spacial score (nSPS) is 15.1. The van der Waals surface area contributed by atoms with Crippen LogP contribution in [-0.2, 0) is 14.8 Å². The molecule has 0 atom stereocenters. The molecule has 1 aliphatic carbocycles. The minimum atomic E-state index is -3.91. The lowest BCUT2D eigenvalue weighted by Crippen LogP contribution is -2.35. The predicted octanol–water partition coefficient (Wildman–Crippen LogP) is 0.769. The highest BCUT2D eigenvalue weighted by Crippen LogP contribution is 2.28. The van der Waals surface area contributed by atoms with Crippen molar-refractivity contribution in [3.8, 4) is 0 Å². The molecular formula is C12H14F2N2O3S. The van der Waals surface area contributed by atoms with Crippen LogP contribution in [0, 0.1) is 17.6 Å². The number of hydrogen-bond donors (Lipinski definition) is 2. The molecule has 0 saturated heterocycles. The Morgan fingerprint density at radius 3 is 2.50 bits per heavy atom. The van der Waals surface area contributed by atoms with E-state index in [-0.39, 0.29) is 29.8 Å². The van der Waals surface area contributed by atoms with Crippen molar-refractivity contribution in [1.82, 2.24) is 10.0 Å². The van der Waals surface area contributed by atoms with Crippen LogP contribution in [-0.4, -0.2) is 27.4 Å². The van der Waals surface area contributed by atoms with Gasteiger partial charge in [-0.05, 0) is 31.0 Å². The Bertz CT molecular complexity index is 615. The van der Waals surface area contributed by atoms with E-state index in [1.54, 1.807) is 0 Å². The number of amides is 1. The van der Waals surface area contributed by atoms with Crippen molar-refractivity contribution in [3.63, 3.8) is 0 Å². The van der Waals surface area contributed by atoms with Gasteiger partial charge < -0.3 is 5.32 Å². The minimum Gasteiger partial charge on any atom is -0.355 e. The predicted molar refractivity (Wildman–Crippen MR) is 67.3 cm³/mol. The maximum Gasteiger partial charge on any atom is 0.240 e. The fourth-order valence-electron chi connectivity index (χ4n) is 1.59. The summed E-state index contributed by atoms with van der Waals surface area (Å²) in [4.78, 5) is 10.9. The monoisotopic (exact) mass is 304 g/mol. The Morgan fingerprint density at radius 2 is 1.90 bits per heavy atom. The quantitative estimate of drug-likeness (QED) is 0.762. The molecule has 1 amide bonds. The number of halogens is 2. The van der Waals surface area contributed by atoms with E-state index in [0.717, 1.165) is 25.0 Å². The van der Waals surface area contributed by atoms with Crippen LogP contribution in [0.1, 0.15) is 12.8 Å². The van der Waals surface area contributed by atoms with E-state index < -0.39 is 21.7 Å². The highest BCUT2D eigenvalue weighted by Gasteiger charge is 2.29. The Labute approximate surface area is 115 Å². The first kappa shape index (κ1) is 14.9. The summed E-state index contributed by atoms with van der Waals surface area (Å²) in [5.41, 5.74) is 0. The lowest BCUT2D eigenvalue weighted by Gasteiger charge is -2.08. The number of benzene rings is 1. The summed E-state index contributed by atoms with van der Waals surface area (Å²) < 4.78 is 51.5. The van der Waals surface area contributed by atoms with Gasteiger partial charge in [-0.3, -0.25) is 4.79 Å². The van der Waals surface area contributed by atoms with E-state index in [9.17, 15) is 22.0 Å². The van der Waals surface area contributed by atoms with E-state index in [4.69, 9.17) is 0 Å². The number of rotatable bonds is 6. The third-order valence-corrected chi connectivity index (χ3v) is 4.32. The fraction of sp³-hybridized carbons (Fsp3) is 0.417. The highest BCUT2D eigenvalue weighted by atomic mass is 32.2. The molecule has 1 aromatic rings. The Kier molecular flexibility index (Phi) is 4.34. The second-order valence-corrected chi connectivity index (χ2v) is 6.31. The van der Waals surface area contributed by atoms with Crippen LogP contribution in [0.2, 0.25) is 0 Å². The molecule has 2 rings (SSSR count). The van der Waals surface area contributed by atoms with E-state index >= 15 is 0 Å². The van der Waals surface area contributed by atoms with Gasteiger partial charge >= 0.3 is 0 Å². The summed E-state index contributed by atoms with van der Waals surface area (Å²) in [7, 11) is -3.91. The second kappa shape index (κ2) is 5.84. The topological polar surface area (TPSA) is 75.3 Å². The minimum absolute atomic E-state index is 0.0141. The molecule has 1 aliphatic rings. The molecule has 0 aliphatic heterocycles. The molecule has 20 heavy (non-hydrogen) atoms. The molecule has 1 saturated carbocycles. The average molecular weight is 304 g/mol. The van der Waals surface area contributed by atoms with Gasteiger partial charge in [-0.15, -0.1) is 0 Å². The van der Waals surface area contributed by atoms with E-state index in [1.807, 2.05) is 0 Å². The van der Waals surface area contributed by atoms with Crippen molar-refractivity contribution in [2.75, 3.05) is 13.1 Å². The smallest absolute Gasteiger partial charge is 0.240 e. The zero-order valence-corrected chi connectivity index (χ0v) is 11.3. The molecule has 8 heteroatoms. The zero-order chi connectivity index (χ0) is 14.8. The number of sulfonamides is 1. The van der Waals surface area contributed by atoms with E-state index in [1.165, 1.54) is 0 Å². The Balaban J connectivity index is 1.86. The SMILES string of the molecule is O=C(NCCNS(=O)(=O)c1ccc(F)c(F)c1)C1CC1.